The van der Waals surface area contributed by atoms with Crippen LogP contribution in [-0.2, 0) is 0 Å². The Hall–Kier alpha value is -2.12. The zero-order chi connectivity index (χ0) is 13.0. The molecule has 0 bridgehead atoms. The van der Waals surface area contributed by atoms with Gasteiger partial charge in [0, 0.05) is 0 Å². The molecule has 4 aromatic rings. The SMILES string of the molecule is C[C@@H](O)c1ccc2ccc3cccc4ccc1c2c34. The van der Waals surface area contributed by atoms with Crippen LogP contribution in [0.15, 0.2) is 54.6 Å². The summed E-state index contributed by atoms with van der Waals surface area (Å²) >= 11 is 0. The van der Waals surface area contributed by atoms with Gasteiger partial charge in [0.15, 0.2) is 0 Å². The lowest BCUT2D eigenvalue weighted by Gasteiger charge is -2.15. The molecule has 0 saturated carbocycles. The molecule has 1 nitrogen and oxygen atoms in total. The maximum absolute atomic E-state index is 9.95. The van der Waals surface area contributed by atoms with Gasteiger partial charge in [-0.05, 0) is 44.8 Å². The van der Waals surface area contributed by atoms with Crippen molar-refractivity contribution in [1.29, 1.82) is 0 Å². The van der Waals surface area contributed by atoms with Gasteiger partial charge in [0.1, 0.15) is 0 Å². The first-order valence-corrected chi connectivity index (χ1v) is 6.60. The van der Waals surface area contributed by atoms with Crippen molar-refractivity contribution in [3.8, 4) is 0 Å². The lowest BCUT2D eigenvalue weighted by atomic mass is 9.91. The molecule has 1 heteroatoms. The van der Waals surface area contributed by atoms with Crippen LogP contribution >= 0.6 is 0 Å². The van der Waals surface area contributed by atoms with E-state index in [9.17, 15) is 5.11 Å². The van der Waals surface area contributed by atoms with Crippen LogP contribution < -0.4 is 0 Å². The first-order chi connectivity index (χ1) is 9.25. The summed E-state index contributed by atoms with van der Waals surface area (Å²) in [4.78, 5) is 0. The lowest BCUT2D eigenvalue weighted by Crippen LogP contribution is -1.94. The third kappa shape index (κ3) is 1.39. The van der Waals surface area contributed by atoms with Crippen molar-refractivity contribution in [2.24, 2.45) is 0 Å². The van der Waals surface area contributed by atoms with Gasteiger partial charge in [-0.25, -0.2) is 0 Å². The molecule has 0 aliphatic heterocycles. The molecular formula is C18H14O. The van der Waals surface area contributed by atoms with E-state index in [-0.39, 0.29) is 0 Å². The number of rotatable bonds is 1. The van der Waals surface area contributed by atoms with Crippen LogP contribution in [0.25, 0.3) is 32.3 Å². The quantitative estimate of drug-likeness (QED) is 0.485. The number of hydrogen-bond donors (Lipinski definition) is 1. The van der Waals surface area contributed by atoms with Crippen molar-refractivity contribution in [1.82, 2.24) is 0 Å². The van der Waals surface area contributed by atoms with E-state index in [0.717, 1.165) is 10.9 Å². The second-order valence-corrected chi connectivity index (χ2v) is 5.19. The van der Waals surface area contributed by atoms with Gasteiger partial charge in [0.05, 0.1) is 6.10 Å². The Bertz CT molecular complexity index is 874. The van der Waals surface area contributed by atoms with Crippen molar-refractivity contribution < 1.29 is 5.11 Å². The van der Waals surface area contributed by atoms with Crippen LogP contribution in [-0.4, -0.2) is 5.11 Å². The standard InChI is InChI=1S/C18H14O/c1-11(19)15-9-7-14-6-5-12-3-2-4-13-8-10-16(15)18(14)17(12)13/h2-11,19H,1H3/t11-/m1/s1. The van der Waals surface area contributed by atoms with Gasteiger partial charge >= 0.3 is 0 Å². The van der Waals surface area contributed by atoms with Gasteiger partial charge < -0.3 is 5.11 Å². The van der Waals surface area contributed by atoms with Gasteiger partial charge in [0.25, 0.3) is 0 Å². The average molecular weight is 246 g/mol. The highest BCUT2D eigenvalue weighted by Gasteiger charge is 2.12. The number of aliphatic hydroxyl groups is 1. The smallest absolute Gasteiger partial charge is 0.0767 e. The Morgan fingerprint density at radius 2 is 1.32 bits per heavy atom. The minimum absolute atomic E-state index is 0.440. The fourth-order valence-corrected chi connectivity index (χ4v) is 3.12. The summed E-state index contributed by atoms with van der Waals surface area (Å²) in [6.45, 7) is 1.83. The summed E-state index contributed by atoms with van der Waals surface area (Å²) in [5.74, 6) is 0. The Labute approximate surface area is 111 Å². The fraction of sp³-hybridized carbons (Fsp3) is 0.111. The van der Waals surface area contributed by atoms with Gasteiger partial charge in [-0.2, -0.15) is 0 Å². The third-order valence-electron chi connectivity index (χ3n) is 4.01. The molecule has 92 valence electrons. The topological polar surface area (TPSA) is 20.2 Å². The van der Waals surface area contributed by atoms with Crippen molar-refractivity contribution in [3.63, 3.8) is 0 Å². The normalized spacial score (nSPS) is 13.6. The molecule has 0 fully saturated rings. The van der Waals surface area contributed by atoms with Crippen molar-refractivity contribution in [2.75, 3.05) is 0 Å². The Morgan fingerprint density at radius 1 is 0.737 bits per heavy atom. The largest absolute Gasteiger partial charge is 0.389 e. The highest BCUT2D eigenvalue weighted by atomic mass is 16.3. The molecule has 0 aromatic heterocycles. The molecule has 0 heterocycles. The molecular weight excluding hydrogens is 232 g/mol. The van der Waals surface area contributed by atoms with Crippen LogP contribution in [0.1, 0.15) is 18.6 Å². The van der Waals surface area contributed by atoms with E-state index >= 15 is 0 Å². The average Bonchev–Trinajstić information content (AvgIpc) is 2.44. The minimum Gasteiger partial charge on any atom is -0.389 e. The van der Waals surface area contributed by atoms with Crippen molar-refractivity contribution >= 4 is 32.3 Å². The molecule has 4 rings (SSSR count). The summed E-state index contributed by atoms with van der Waals surface area (Å²) in [6, 6.07) is 19.1. The predicted molar refractivity (Wildman–Crippen MR) is 80.8 cm³/mol. The number of hydrogen-bond acceptors (Lipinski definition) is 1. The highest BCUT2D eigenvalue weighted by Crippen LogP contribution is 2.37. The van der Waals surface area contributed by atoms with E-state index in [0.29, 0.717) is 0 Å². The summed E-state index contributed by atoms with van der Waals surface area (Å²) in [5.41, 5.74) is 1.01. The summed E-state index contributed by atoms with van der Waals surface area (Å²) in [5, 5.41) is 17.5. The number of benzene rings is 4. The van der Waals surface area contributed by atoms with Gasteiger partial charge in [-0.3, -0.25) is 0 Å². The molecule has 1 N–H and O–H groups in total. The van der Waals surface area contributed by atoms with Crippen molar-refractivity contribution in [3.05, 3.63) is 60.2 Å². The Balaban J connectivity index is 2.35. The molecule has 4 aromatic carbocycles. The van der Waals surface area contributed by atoms with Crippen LogP contribution in [0.2, 0.25) is 0 Å². The van der Waals surface area contributed by atoms with E-state index < -0.39 is 6.10 Å². The Kier molecular flexibility index (Phi) is 2.09. The summed E-state index contributed by atoms with van der Waals surface area (Å²) in [7, 11) is 0. The summed E-state index contributed by atoms with van der Waals surface area (Å²) in [6.07, 6.45) is -0.440. The minimum atomic E-state index is -0.440. The fourth-order valence-electron chi connectivity index (χ4n) is 3.12. The molecule has 0 amide bonds. The maximum Gasteiger partial charge on any atom is 0.0767 e. The molecule has 0 aliphatic rings. The number of aliphatic hydroxyl groups excluding tert-OH is 1. The van der Waals surface area contributed by atoms with E-state index in [1.54, 1.807) is 0 Å². The van der Waals surface area contributed by atoms with Crippen LogP contribution in [0.4, 0.5) is 0 Å². The second kappa shape index (κ2) is 3.69. The molecule has 19 heavy (non-hydrogen) atoms. The van der Waals surface area contributed by atoms with E-state index in [1.165, 1.54) is 26.9 Å². The molecule has 0 aliphatic carbocycles. The highest BCUT2D eigenvalue weighted by molar-refractivity contribution is 6.23. The van der Waals surface area contributed by atoms with Crippen molar-refractivity contribution in [2.45, 2.75) is 13.0 Å². The second-order valence-electron chi connectivity index (χ2n) is 5.19. The molecule has 1 atom stereocenters. The molecule has 0 spiro atoms. The summed E-state index contributed by atoms with van der Waals surface area (Å²) < 4.78 is 0. The predicted octanol–water partition coefficient (Wildman–Crippen LogP) is 4.64. The van der Waals surface area contributed by atoms with Gasteiger partial charge in [-0.15, -0.1) is 0 Å². The van der Waals surface area contributed by atoms with Gasteiger partial charge in [0.2, 0.25) is 0 Å². The van der Waals surface area contributed by atoms with Crippen LogP contribution in [0.5, 0.6) is 0 Å². The first-order valence-electron chi connectivity index (χ1n) is 6.60. The molecule has 0 radical (unpaired) electrons. The molecule has 0 unspecified atom stereocenters. The monoisotopic (exact) mass is 246 g/mol. The third-order valence-corrected chi connectivity index (χ3v) is 4.01. The van der Waals surface area contributed by atoms with E-state index in [1.807, 2.05) is 13.0 Å². The Morgan fingerprint density at radius 3 is 2.00 bits per heavy atom. The molecule has 0 saturated heterocycles. The maximum atomic E-state index is 9.95. The van der Waals surface area contributed by atoms with Crippen LogP contribution in [0.3, 0.4) is 0 Å². The zero-order valence-corrected chi connectivity index (χ0v) is 10.7. The van der Waals surface area contributed by atoms with E-state index in [4.69, 9.17) is 0 Å². The van der Waals surface area contributed by atoms with Gasteiger partial charge in [-0.1, -0.05) is 54.6 Å². The van der Waals surface area contributed by atoms with E-state index in [2.05, 4.69) is 48.5 Å². The van der Waals surface area contributed by atoms with Crippen LogP contribution in [0, 0.1) is 0 Å². The lowest BCUT2D eigenvalue weighted by molar-refractivity contribution is 0.201. The first kappa shape index (κ1) is 10.8. The zero-order valence-electron chi connectivity index (χ0n) is 10.7.